The van der Waals surface area contributed by atoms with Crippen LogP contribution in [0.25, 0.3) is 0 Å². The normalized spacial score (nSPS) is 38.3. The number of methoxy groups -OCH3 is 8. The fourth-order valence-electron chi connectivity index (χ4n) is 8.45. The van der Waals surface area contributed by atoms with Gasteiger partial charge in [0.1, 0.15) is 85.5 Å². The van der Waals surface area contributed by atoms with Gasteiger partial charge in [-0.1, -0.05) is 5.04 Å². The van der Waals surface area contributed by atoms with Crippen LogP contribution < -0.4 is 0 Å². The van der Waals surface area contributed by atoms with Crippen molar-refractivity contribution in [1.82, 2.24) is 0 Å². The summed E-state index contributed by atoms with van der Waals surface area (Å²) in [5.41, 5.74) is 0. The summed E-state index contributed by atoms with van der Waals surface area (Å²) >= 11 is -3.36. The molecule has 0 aromatic carbocycles. The van der Waals surface area contributed by atoms with E-state index in [1.54, 1.807) is 6.92 Å². The van der Waals surface area contributed by atoms with E-state index in [1.165, 1.54) is 42.7 Å². The van der Waals surface area contributed by atoms with Crippen molar-refractivity contribution < 1.29 is 159 Å². The zero-order valence-electron chi connectivity index (χ0n) is 39.9. The smallest absolute Gasteiger partial charge is 0.382 e. The van der Waals surface area contributed by atoms with Crippen LogP contribution in [0.5, 0.6) is 0 Å². The maximum atomic E-state index is 12.6. The van der Waals surface area contributed by atoms with E-state index < -0.39 is 178 Å². The Hall–Kier alpha value is -0.770. The Balaban J connectivity index is 1.81. The molecular formula is C33H60O35S5. The molecule has 0 aromatic heterocycles. The standard InChI is InChI=1S/C33H60O35S5/c1-14-19(48-4)24(49-5)20(15(56-14)10-46-2)60-31-28(53-9)25(50-6)21(16(57-31)11-47-3)62-33-30(65-73(43,44)45)26(51-7)22(17(58-33)12-54-71(37,38)39)61-32-29(63-68-70(35)36)27(52-8)23(64-69-67-66-34)18(59-32)13-55-72(40,41)42/h14-34H,10-13H2,1-9H3,(H,35,36)(H,37,38,39)(H,40,41,42)(H,43,44,45)/t14-,15?,16?,17?,18?,19?,20+,21+,22+,23+,24+,25-,26?,27?,28?,29?,30?,31-,32+,33-/m0/s1. The molecule has 40 heteroatoms. The summed E-state index contributed by atoms with van der Waals surface area (Å²) in [5, 5.41) is 12.1. The molecule has 11 unspecified atom stereocenters. The minimum Gasteiger partial charge on any atom is -0.382 e. The molecule has 0 spiro atoms. The predicted molar refractivity (Wildman–Crippen MR) is 229 cm³/mol. The van der Waals surface area contributed by atoms with E-state index >= 15 is 0 Å². The molecule has 4 aliphatic rings. The summed E-state index contributed by atoms with van der Waals surface area (Å²) in [6, 6.07) is 0. The fourth-order valence-corrected chi connectivity index (χ4v) is 10.1. The Kier molecular flexibility index (Phi) is 26.6. The van der Waals surface area contributed by atoms with Crippen LogP contribution in [0.4, 0.5) is 0 Å². The molecule has 73 heavy (non-hydrogen) atoms. The van der Waals surface area contributed by atoms with Gasteiger partial charge in [-0.2, -0.15) is 29.5 Å². The molecule has 4 saturated heterocycles. The quantitative estimate of drug-likeness (QED) is 0.0116. The van der Waals surface area contributed by atoms with Crippen molar-refractivity contribution in [2.75, 3.05) is 83.3 Å². The number of rotatable bonds is 31. The fraction of sp³-hybridized carbons (Fsp3) is 1.00. The van der Waals surface area contributed by atoms with Crippen LogP contribution in [0.15, 0.2) is 0 Å². The first-order valence-corrected chi connectivity index (χ1v) is 26.6. The molecule has 0 amide bonds. The minimum absolute atomic E-state index is 0.0251. The van der Waals surface area contributed by atoms with Crippen molar-refractivity contribution >= 4 is 54.9 Å². The highest BCUT2D eigenvalue weighted by atomic mass is 32.3. The lowest BCUT2D eigenvalue weighted by atomic mass is 9.94. The Labute approximate surface area is 425 Å². The molecule has 21 atom stereocenters. The maximum absolute atomic E-state index is 12.6. The van der Waals surface area contributed by atoms with Crippen molar-refractivity contribution in [3.8, 4) is 0 Å². The van der Waals surface area contributed by atoms with E-state index in [4.69, 9.17) is 89.6 Å². The highest BCUT2D eigenvalue weighted by Gasteiger charge is 2.59. The van der Waals surface area contributed by atoms with Gasteiger partial charge in [-0.05, 0) is 6.92 Å². The Morgan fingerprint density at radius 1 is 0.493 bits per heavy atom. The van der Waals surface area contributed by atoms with Crippen molar-refractivity contribution in [2.45, 2.75) is 130 Å². The molecule has 0 bridgehead atoms. The zero-order valence-corrected chi connectivity index (χ0v) is 44.0. The molecule has 4 aliphatic heterocycles. The average Bonchev–Trinajstić information content (AvgIpc) is 3.31. The maximum Gasteiger partial charge on any atom is 0.397 e. The predicted octanol–water partition coefficient (Wildman–Crippen LogP) is -2.86. The summed E-state index contributed by atoms with van der Waals surface area (Å²) < 4.78 is 240. The summed E-state index contributed by atoms with van der Waals surface area (Å²) in [6.45, 7) is -1.00. The van der Waals surface area contributed by atoms with Crippen LogP contribution >= 0.6 is 12.3 Å². The third kappa shape index (κ3) is 18.4. The molecule has 4 rings (SSSR count). The first-order valence-electron chi connectivity index (χ1n) is 20.8. The van der Waals surface area contributed by atoms with E-state index in [9.17, 15) is 47.7 Å². The van der Waals surface area contributed by atoms with E-state index in [2.05, 4.69) is 22.1 Å². The van der Waals surface area contributed by atoms with E-state index in [0.717, 1.165) is 14.2 Å². The first kappa shape index (κ1) is 64.8. The zero-order chi connectivity index (χ0) is 54.4. The molecule has 0 aliphatic carbocycles. The first-order chi connectivity index (χ1) is 34.4. The second-order valence-electron chi connectivity index (χ2n) is 15.5. The van der Waals surface area contributed by atoms with E-state index in [0.29, 0.717) is 0 Å². The molecular weight excluding hydrogens is 1120 g/mol. The topological polar surface area (TPSA) is 433 Å². The van der Waals surface area contributed by atoms with Crippen molar-refractivity contribution in [3.05, 3.63) is 0 Å². The lowest BCUT2D eigenvalue weighted by Gasteiger charge is -2.51. The third-order valence-corrected chi connectivity index (χ3v) is 13.2. The summed E-state index contributed by atoms with van der Waals surface area (Å²) in [5.74, 6) is 0. The lowest BCUT2D eigenvalue weighted by molar-refractivity contribution is -0.435. The van der Waals surface area contributed by atoms with Crippen LogP contribution in [-0.4, -0.2) is 259 Å². The van der Waals surface area contributed by atoms with Crippen LogP contribution in [0.2, 0.25) is 0 Å². The van der Waals surface area contributed by atoms with Gasteiger partial charge in [0.15, 0.2) is 43.4 Å². The van der Waals surface area contributed by atoms with Crippen LogP contribution in [0.3, 0.4) is 0 Å². The van der Waals surface area contributed by atoms with Gasteiger partial charge in [0.2, 0.25) is 0 Å². The van der Waals surface area contributed by atoms with Gasteiger partial charge in [0.05, 0.1) is 32.5 Å². The average molecular weight is 1180 g/mol. The molecule has 0 saturated carbocycles. The van der Waals surface area contributed by atoms with E-state index in [-0.39, 0.29) is 25.5 Å². The summed E-state index contributed by atoms with van der Waals surface area (Å²) in [6.07, 6.45) is -30.6. The number of hydrogen-bond donors (Lipinski definition) is 5. The molecule has 0 aromatic rings. The van der Waals surface area contributed by atoms with Crippen LogP contribution in [0.1, 0.15) is 6.92 Å². The van der Waals surface area contributed by atoms with E-state index in [1.807, 2.05) is 0 Å². The largest absolute Gasteiger partial charge is 0.397 e. The highest BCUT2D eigenvalue weighted by molar-refractivity contribution is 7.89. The molecule has 4 heterocycles. The van der Waals surface area contributed by atoms with Gasteiger partial charge in [-0.25, -0.2) is 22.7 Å². The van der Waals surface area contributed by atoms with Gasteiger partial charge in [0.25, 0.3) is 0 Å². The molecule has 35 nitrogen and oxygen atoms in total. The van der Waals surface area contributed by atoms with Crippen LogP contribution in [-0.2, 0) is 149 Å². The summed E-state index contributed by atoms with van der Waals surface area (Å²) in [7, 11) is -6.22. The molecule has 4 fully saturated rings. The van der Waals surface area contributed by atoms with Crippen LogP contribution in [0, 0.1) is 0 Å². The molecule has 0 radical (unpaired) electrons. The lowest BCUT2D eigenvalue weighted by Crippen LogP contribution is -2.68. The number of hydrogen-bond acceptors (Lipinski definition) is 32. The second kappa shape index (κ2) is 30.0. The highest BCUT2D eigenvalue weighted by Crippen LogP contribution is 2.39. The third-order valence-electron chi connectivity index (χ3n) is 11.2. The monoisotopic (exact) mass is 1180 g/mol. The van der Waals surface area contributed by atoms with Gasteiger partial charge >= 0.3 is 42.6 Å². The van der Waals surface area contributed by atoms with Gasteiger partial charge in [0, 0.05) is 56.9 Å². The van der Waals surface area contributed by atoms with Crippen molar-refractivity contribution in [3.63, 3.8) is 0 Å². The Bertz CT molecular complexity index is 1990. The number of ether oxygens (including phenoxy) is 15. The van der Waals surface area contributed by atoms with Crippen molar-refractivity contribution in [1.29, 1.82) is 0 Å². The Morgan fingerprint density at radius 2 is 0.877 bits per heavy atom. The molecule has 432 valence electrons. The minimum atomic E-state index is -5.60. The summed E-state index contributed by atoms with van der Waals surface area (Å²) in [4.78, 5) is 5.09. The second-order valence-corrected chi connectivity index (χ2v) is 19.7. The SMILES string of the molecule is COCC1O[C@@H](O[C@@H]2C(COC)O[C@@H](C)C(OC)[C@H]2OC)C(OC)[C@@H](OC)[C@@H]1O[C@@H]1OC(COS(=O)(=O)O)[C@@H](O[C@H]2OC(COS(=O)(=O)O)[C@@H](OSOOO)C(OC)C2OOS(=O)O)C(OC)C1OS(=O)(=O)O. The molecule has 5 N–H and O–H groups in total. The Morgan fingerprint density at radius 3 is 1.29 bits per heavy atom. The van der Waals surface area contributed by atoms with Gasteiger partial charge in [-0.3, -0.25) is 22.4 Å². The van der Waals surface area contributed by atoms with Gasteiger partial charge < -0.3 is 71.1 Å². The van der Waals surface area contributed by atoms with Crippen molar-refractivity contribution in [2.24, 2.45) is 0 Å². The van der Waals surface area contributed by atoms with Gasteiger partial charge in [-0.15, -0.1) is 8.67 Å².